The Morgan fingerprint density at radius 3 is 2.50 bits per heavy atom. The van der Waals surface area contributed by atoms with Crippen molar-refractivity contribution < 1.29 is 0 Å². The Morgan fingerprint density at radius 2 is 1.72 bits per heavy atom. The summed E-state index contributed by atoms with van der Waals surface area (Å²) >= 11 is 6.10. The first-order valence-electron chi connectivity index (χ1n) is 5.60. The van der Waals surface area contributed by atoms with E-state index in [9.17, 15) is 0 Å². The van der Waals surface area contributed by atoms with Crippen LogP contribution in [-0.4, -0.2) is 15.2 Å². The van der Waals surface area contributed by atoms with Gasteiger partial charge in [0.1, 0.15) is 11.5 Å². The topological polar surface area (TPSA) is 38.7 Å². The molecule has 3 rings (SSSR count). The molecule has 18 heavy (non-hydrogen) atoms. The Balaban J connectivity index is 2.19. The molecule has 88 valence electrons. The molecule has 0 aliphatic carbocycles. The number of aromatic nitrogens is 3. The Kier molecular flexibility index (Phi) is 2.68. The second-order valence-electron chi connectivity index (χ2n) is 4.06. The molecule has 0 saturated carbocycles. The zero-order chi connectivity index (χ0) is 12.5. The minimum atomic E-state index is 0.387. The van der Waals surface area contributed by atoms with Crippen molar-refractivity contribution in [3.63, 3.8) is 0 Å². The molecule has 4 heteroatoms. The molecule has 0 unspecified atom stereocenters. The molecule has 0 bridgehead atoms. The van der Waals surface area contributed by atoms with Gasteiger partial charge in [0.05, 0.1) is 0 Å². The summed E-state index contributed by atoms with van der Waals surface area (Å²) in [5, 5.41) is 10.8. The van der Waals surface area contributed by atoms with Gasteiger partial charge in [-0.1, -0.05) is 48.0 Å². The summed E-state index contributed by atoms with van der Waals surface area (Å²) in [6.45, 7) is 1.77. The maximum absolute atomic E-state index is 6.10. The molecule has 2 aromatic carbocycles. The first kappa shape index (κ1) is 11.1. The van der Waals surface area contributed by atoms with Crippen molar-refractivity contribution in [3.05, 3.63) is 53.4 Å². The lowest BCUT2D eigenvalue weighted by Gasteiger charge is -2.04. The van der Waals surface area contributed by atoms with Crippen molar-refractivity contribution >= 4 is 22.4 Å². The molecular weight excluding hydrogens is 246 g/mol. The van der Waals surface area contributed by atoms with Crippen LogP contribution >= 0.6 is 11.6 Å². The third-order valence-electron chi connectivity index (χ3n) is 2.77. The van der Waals surface area contributed by atoms with Crippen LogP contribution in [0.1, 0.15) is 5.82 Å². The zero-order valence-corrected chi connectivity index (χ0v) is 10.5. The Labute approximate surface area is 109 Å². The molecule has 3 nitrogen and oxygen atoms in total. The van der Waals surface area contributed by atoms with E-state index < -0.39 is 0 Å². The van der Waals surface area contributed by atoms with Crippen LogP contribution in [0.3, 0.4) is 0 Å². The summed E-state index contributed by atoms with van der Waals surface area (Å²) in [5.41, 5.74) is 1.55. The first-order chi connectivity index (χ1) is 8.74. The monoisotopic (exact) mass is 255 g/mol. The summed E-state index contributed by atoms with van der Waals surface area (Å²) in [7, 11) is 0. The standard InChI is InChI=1S/C14H10ClN3/c1-9-16-14(15)13(18-17-9)12-7-6-10-4-2-3-5-11(10)8-12/h2-8H,1H3. The minimum absolute atomic E-state index is 0.387. The van der Waals surface area contributed by atoms with E-state index in [4.69, 9.17) is 11.6 Å². The van der Waals surface area contributed by atoms with E-state index in [-0.39, 0.29) is 0 Å². The van der Waals surface area contributed by atoms with Gasteiger partial charge >= 0.3 is 0 Å². The van der Waals surface area contributed by atoms with Gasteiger partial charge in [-0.05, 0) is 23.8 Å². The second kappa shape index (κ2) is 4.35. The van der Waals surface area contributed by atoms with Gasteiger partial charge in [0.2, 0.25) is 0 Å². The van der Waals surface area contributed by atoms with Gasteiger partial charge in [0.15, 0.2) is 5.15 Å². The second-order valence-corrected chi connectivity index (χ2v) is 4.42. The summed E-state index contributed by atoms with van der Waals surface area (Å²) < 4.78 is 0. The highest BCUT2D eigenvalue weighted by Crippen LogP contribution is 2.26. The van der Waals surface area contributed by atoms with E-state index in [1.807, 2.05) is 30.3 Å². The van der Waals surface area contributed by atoms with E-state index in [0.717, 1.165) is 10.9 Å². The lowest BCUT2D eigenvalue weighted by molar-refractivity contribution is 0.914. The number of nitrogens with zero attached hydrogens (tertiary/aromatic N) is 3. The number of benzene rings is 2. The normalized spacial score (nSPS) is 10.8. The minimum Gasteiger partial charge on any atom is -0.217 e. The van der Waals surface area contributed by atoms with Crippen molar-refractivity contribution in [2.24, 2.45) is 0 Å². The number of aryl methyl sites for hydroxylation is 1. The maximum atomic E-state index is 6.10. The first-order valence-corrected chi connectivity index (χ1v) is 5.98. The molecule has 0 atom stereocenters. The molecule has 0 aliphatic rings. The summed E-state index contributed by atoms with van der Waals surface area (Å²) in [5.74, 6) is 0.574. The predicted molar refractivity (Wildman–Crippen MR) is 72.5 cm³/mol. The molecule has 0 aliphatic heterocycles. The van der Waals surface area contributed by atoms with Gasteiger partial charge in [-0.2, -0.15) is 0 Å². The fourth-order valence-electron chi connectivity index (χ4n) is 1.89. The zero-order valence-electron chi connectivity index (χ0n) is 9.76. The summed E-state index contributed by atoms with van der Waals surface area (Å²) in [6.07, 6.45) is 0. The summed E-state index contributed by atoms with van der Waals surface area (Å²) in [4.78, 5) is 4.12. The van der Waals surface area contributed by atoms with Gasteiger partial charge in [0.25, 0.3) is 0 Å². The van der Waals surface area contributed by atoms with Gasteiger partial charge in [-0.15, -0.1) is 10.2 Å². The van der Waals surface area contributed by atoms with E-state index in [2.05, 4.69) is 27.3 Å². The van der Waals surface area contributed by atoms with Crippen molar-refractivity contribution in [1.82, 2.24) is 15.2 Å². The van der Waals surface area contributed by atoms with Crippen molar-refractivity contribution in [3.8, 4) is 11.3 Å². The molecule has 1 aromatic heterocycles. The highest BCUT2D eigenvalue weighted by molar-refractivity contribution is 6.31. The highest BCUT2D eigenvalue weighted by atomic mass is 35.5. The van der Waals surface area contributed by atoms with Crippen LogP contribution in [0.2, 0.25) is 5.15 Å². The Hall–Kier alpha value is -2.00. The van der Waals surface area contributed by atoms with E-state index in [1.54, 1.807) is 6.92 Å². The molecule has 0 fully saturated rings. The Morgan fingerprint density at radius 1 is 0.944 bits per heavy atom. The van der Waals surface area contributed by atoms with Crippen LogP contribution in [-0.2, 0) is 0 Å². The molecule has 0 radical (unpaired) electrons. The van der Waals surface area contributed by atoms with E-state index in [0.29, 0.717) is 16.7 Å². The number of fused-ring (bicyclic) bond motifs is 1. The number of rotatable bonds is 1. The van der Waals surface area contributed by atoms with Gasteiger partial charge in [-0.25, -0.2) is 4.98 Å². The van der Waals surface area contributed by atoms with Crippen LogP contribution in [0, 0.1) is 6.92 Å². The summed E-state index contributed by atoms with van der Waals surface area (Å²) in [6, 6.07) is 14.2. The number of hydrogen-bond acceptors (Lipinski definition) is 3. The van der Waals surface area contributed by atoms with E-state index >= 15 is 0 Å². The molecule has 0 N–H and O–H groups in total. The van der Waals surface area contributed by atoms with E-state index in [1.165, 1.54) is 5.39 Å². The maximum Gasteiger partial charge on any atom is 0.159 e. The molecule has 3 aromatic rings. The Bertz CT molecular complexity index is 725. The lowest BCUT2D eigenvalue weighted by Crippen LogP contribution is -1.95. The predicted octanol–water partition coefficient (Wildman–Crippen LogP) is 3.65. The van der Waals surface area contributed by atoms with Crippen LogP contribution in [0.25, 0.3) is 22.0 Å². The van der Waals surface area contributed by atoms with Gasteiger partial charge in [-0.3, -0.25) is 0 Å². The SMILES string of the molecule is Cc1nnc(-c2ccc3ccccc3c2)c(Cl)n1. The van der Waals surface area contributed by atoms with Gasteiger partial charge in [0, 0.05) is 5.56 Å². The molecule has 1 heterocycles. The van der Waals surface area contributed by atoms with Crippen LogP contribution in [0.4, 0.5) is 0 Å². The van der Waals surface area contributed by atoms with Crippen LogP contribution in [0.15, 0.2) is 42.5 Å². The lowest BCUT2D eigenvalue weighted by atomic mass is 10.1. The highest BCUT2D eigenvalue weighted by Gasteiger charge is 2.08. The van der Waals surface area contributed by atoms with Crippen molar-refractivity contribution in [2.75, 3.05) is 0 Å². The van der Waals surface area contributed by atoms with Gasteiger partial charge < -0.3 is 0 Å². The fourth-order valence-corrected chi connectivity index (χ4v) is 2.16. The quantitative estimate of drug-likeness (QED) is 0.666. The smallest absolute Gasteiger partial charge is 0.159 e. The molecule has 0 spiro atoms. The fraction of sp³-hybridized carbons (Fsp3) is 0.0714. The average Bonchev–Trinajstić information content (AvgIpc) is 2.38. The number of hydrogen-bond donors (Lipinski definition) is 0. The van der Waals surface area contributed by atoms with Crippen LogP contribution < -0.4 is 0 Å². The molecule has 0 saturated heterocycles. The third-order valence-corrected chi connectivity index (χ3v) is 3.04. The molecular formula is C14H10ClN3. The van der Waals surface area contributed by atoms with Crippen LogP contribution in [0.5, 0.6) is 0 Å². The average molecular weight is 256 g/mol. The van der Waals surface area contributed by atoms with Crippen molar-refractivity contribution in [1.29, 1.82) is 0 Å². The third kappa shape index (κ3) is 1.93. The largest absolute Gasteiger partial charge is 0.217 e. The molecule has 0 amide bonds. The van der Waals surface area contributed by atoms with Crippen molar-refractivity contribution in [2.45, 2.75) is 6.92 Å². The number of halogens is 1.